The van der Waals surface area contributed by atoms with Crippen LogP contribution in [0, 0.1) is 0 Å². The number of sulfone groups is 1. The van der Waals surface area contributed by atoms with E-state index < -0.39 is 15.9 Å². The van der Waals surface area contributed by atoms with Crippen LogP contribution in [0.15, 0.2) is 18.2 Å². The van der Waals surface area contributed by atoms with Crippen molar-refractivity contribution in [3.05, 3.63) is 28.2 Å². The Bertz CT molecular complexity index is 648. The summed E-state index contributed by atoms with van der Waals surface area (Å²) in [4.78, 5) is 12.0. The molecule has 1 aliphatic rings. The van der Waals surface area contributed by atoms with Gasteiger partial charge in [-0.05, 0) is 31.5 Å². The van der Waals surface area contributed by atoms with Gasteiger partial charge in [-0.2, -0.15) is 0 Å². The van der Waals surface area contributed by atoms with E-state index in [0.29, 0.717) is 22.2 Å². The maximum absolute atomic E-state index is 12.0. The van der Waals surface area contributed by atoms with Crippen LogP contribution in [0.1, 0.15) is 13.3 Å². The Morgan fingerprint density at radius 2 is 2.14 bits per heavy atom. The number of carbonyl (C=O) groups excluding carboxylic acids is 1. The lowest BCUT2D eigenvalue weighted by Crippen LogP contribution is -2.43. The second-order valence-corrected chi connectivity index (χ2v) is 8.02. The number of nitrogens with one attached hydrogen (secondary N) is 1. The van der Waals surface area contributed by atoms with Crippen molar-refractivity contribution in [3.8, 4) is 5.75 Å². The maximum Gasteiger partial charge on any atom is 0.261 e. The molecule has 1 aromatic rings. The summed E-state index contributed by atoms with van der Waals surface area (Å²) >= 11 is 11.7. The molecule has 1 saturated heterocycles. The number of carbonyl (C=O) groups is 1. The third kappa shape index (κ3) is 4.49. The quantitative estimate of drug-likeness (QED) is 0.900. The fourth-order valence-electron chi connectivity index (χ4n) is 2.04. The molecule has 0 saturated carbocycles. The number of hydrogen-bond acceptors (Lipinski definition) is 4. The second kappa shape index (κ2) is 6.42. The van der Waals surface area contributed by atoms with Crippen LogP contribution in [0.5, 0.6) is 5.75 Å². The lowest BCUT2D eigenvalue weighted by molar-refractivity contribution is -0.127. The summed E-state index contributed by atoms with van der Waals surface area (Å²) in [6.45, 7) is 1.57. The fourth-order valence-corrected chi connectivity index (χ4v) is 4.17. The summed E-state index contributed by atoms with van der Waals surface area (Å²) in [6.07, 6.45) is -0.352. The Morgan fingerprint density at radius 3 is 2.71 bits per heavy atom. The summed E-state index contributed by atoms with van der Waals surface area (Å²) in [6, 6.07) is 4.35. The topological polar surface area (TPSA) is 72.5 Å². The van der Waals surface area contributed by atoms with Crippen LogP contribution in [0.2, 0.25) is 10.0 Å². The highest BCUT2D eigenvalue weighted by atomic mass is 35.5. The minimum atomic E-state index is -3.03. The number of rotatable bonds is 4. The molecule has 0 unspecified atom stereocenters. The highest BCUT2D eigenvalue weighted by Gasteiger charge is 2.30. The van der Waals surface area contributed by atoms with E-state index in [4.69, 9.17) is 27.9 Å². The molecule has 2 atom stereocenters. The van der Waals surface area contributed by atoms with Crippen molar-refractivity contribution in [2.75, 3.05) is 11.5 Å². The van der Waals surface area contributed by atoms with Crippen LogP contribution in [0.4, 0.5) is 0 Å². The van der Waals surface area contributed by atoms with Crippen LogP contribution >= 0.6 is 23.2 Å². The normalized spacial score (nSPS) is 21.8. The van der Waals surface area contributed by atoms with Gasteiger partial charge in [-0.3, -0.25) is 4.79 Å². The zero-order chi connectivity index (χ0) is 15.6. The predicted octanol–water partition coefficient (Wildman–Crippen LogP) is 2.06. The molecule has 1 fully saturated rings. The van der Waals surface area contributed by atoms with Crippen molar-refractivity contribution in [3.63, 3.8) is 0 Å². The van der Waals surface area contributed by atoms with Crippen molar-refractivity contribution in [1.82, 2.24) is 5.32 Å². The third-order valence-electron chi connectivity index (χ3n) is 3.15. The van der Waals surface area contributed by atoms with Crippen molar-refractivity contribution in [1.29, 1.82) is 0 Å². The third-order valence-corrected chi connectivity index (χ3v) is 5.44. The molecule has 8 heteroatoms. The van der Waals surface area contributed by atoms with Gasteiger partial charge in [-0.25, -0.2) is 8.42 Å². The first kappa shape index (κ1) is 16.4. The molecule has 5 nitrogen and oxygen atoms in total. The Morgan fingerprint density at radius 1 is 1.43 bits per heavy atom. The van der Waals surface area contributed by atoms with E-state index in [0.717, 1.165) is 0 Å². The molecule has 1 heterocycles. The molecule has 0 radical (unpaired) electrons. The summed E-state index contributed by atoms with van der Waals surface area (Å²) in [5, 5.41) is 3.46. The lowest BCUT2D eigenvalue weighted by Gasteiger charge is -2.18. The highest BCUT2D eigenvalue weighted by Crippen LogP contribution is 2.28. The molecule has 0 aliphatic carbocycles. The summed E-state index contributed by atoms with van der Waals surface area (Å²) in [5.41, 5.74) is 0. The Hall–Kier alpha value is -0.980. The minimum absolute atomic E-state index is 0.0207. The van der Waals surface area contributed by atoms with Crippen LogP contribution in [0.3, 0.4) is 0 Å². The van der Waals surface area contributed by atoms with Gasteiger partial charge in [0.15, 0.2) is 15.9 Å². The molecule has 116 valence electrons. The smallest absolute Gasteiger partial charge is 0.261 e. The van der Waals surface area contributed by atoms with E-state index in [9.17, 15) is 13.2 Å². The van der Waals surface area contributed by atoms with Crippen molar-refractivity contribution in [2.45, 2.75) is 25.5 Å². The Kier molecular flexibility index (Phi) is 5.01. The number of halogens is 2. The summed E-state index contributed by atoms with van der Waals surface area (Å²) < 4.78 is 28.2. The number of amides is 1. The Balaban J connectivity index is 1.94. The zero-order valence-corrected chi connectivity index (χ0v) is 13.6. The standard InChI is InChI=1S/C13H15Cl2NO4S/c1-8(20-12-3-2-9(14)6-11(12)15)13(17)16-10-4-5-21(18,19)7-10/h2-3,6,8,10H,4-5,7H2,1H3,(H,16,17)/t8-,10-/m0/s1. The average molecular weight is 352 g/mol. The largest absolute Gasteiger partial charge is 0.479 e. The van der Waals surface area contributed by atoms with E-state index in [1.807, 2.05) is 0 Å². The fraction of sp³-hybridized carbons (Fsp3) is 0.462. The zero-order valence-electron chi connectivity index (χ0n) is 11.3. The minimum Gasteiger partial charge on any atom is -0.479 e. The molecule has 1 N–H and O–H groups in total. The molecule has 1 aromatic carbocycles. The van der Waals surface area contributed by atoms with Gasteiger partial charge in [0.2, 0.25) is 0 Å². The SMILES string of the molecule is C[C@H](Oc1ccc(Cl)cc1Cl)C(=O)N[C@H]1CCS(=O)(=O)C1. The van der Waals surface area contributed by atoms with Crippen molar-refractivity contribution >= 4 is 38.9 Å². The van der Waals surface area contributed by atoms with Crippen LogP contribution in [-0.4, -0.2) is 38.0 Å². The van der Waals surface area contributed by atoms with E-state index >= 15 is 0 Å². The van der Waals surface area contributed by atoms with Gasteiger partial charge in [-0.15, -0.1) is 0 Å². The van der Waals surface area contributed by atoms with Gasteiger partial charge >= 0.3 is 0 Å². The van der Waals surface area contributed by atoms with E-state index in [1.54, 1.807) is 19.1 Å². The van der Waals surface area contributed by atoms with E-state index in [2.05, 4.69) is 5.32 Å². The molecular formula is C13H15Cl2NO4S. The average Bonchev–Trinajstić information content (AvgIpc) is 2.72. The van der Waals surface area contributed by atoms with Gasteiger partial charge in [0.1, 0.15) is 5.75 Å². The first-order valence-corrected chi connectivity index (χ1v) is 8.97. The number of hydrogen-bond donors (Lipinski definition) is 1. The van der Waals surface area contributed by atoms with Crippen LogP contribution in [-0.2, 0) is 14.6 Å². The van der Waals surface area contributed by atoms with Gasteiger partial charge in [0.05, 0.1) is 16.5 Å². The molecule has 0 aromatic heterocycles. The molecule has 1 amide bonds. The molecule has 1 aliphatic heterocycles. The van der Waals surface area contributed by atoms with Crippen molar-refractivity contribution < 1.29 is 17.9 Å². The lowest BCUT2D eigenvalue weighted by atomic mass is 10.2. The maximum atomic E-state index is 12.0. The molecule has 21 heavy (non-hydrogen) atoms. The number of ether oxygens (including phenoxy) is 1. The van der Waals surface area contributed by atoms with Crippen LogP contribution in [0.25, 0.3) is 0 Å². The monoisotopic (exact) mass is 351 g/mol. The van der Waals surface area contributed by atoms with Gasteiger partial charge < -0.3 is 10.1 Å². The molecular weight excluding hydrogens is 337 g/mol. The molecule has 0 bridgehead atoms. The molecule has 2 rings (SSSR count). The van der Waals surface area contributed by atoms with E-state index in [-0.39, 0.29) is 23.5 Å². The van der Waals surface area contributed by atoms with Gasteiger partial charge in [0, 0.05) is 11.1 Å². The van der Waals surface area contributed by atoms with Crippen LogP contribution < -0.4 is 10.1 Å². The van der Waals surface area contributed by atoms with E-state index in [1.165, 1.54) is 6.07 Å². The Labute approximate surface area is 133 Å². The number of benzene rings is 1. The highest BCUT2D eigenvalue weighted by molar-refractivity contribution is 7.91. The van der Waals surface area contributed by atoms with Gasteiger partial charge in [0.25, 0.3) is 5.91 Å². The summed E-state index contributed by atoms with van der Waals surface area (Å²) in [7, 11) is -3.03. The molecule has 0 spiro atoms. The second-order valence-electron chi connectivity index (χ2n) is 4.94. The predicted molar refractivity (Wildman–Crippen MR) is 81.8 cm³/mol. The summed E-state index contributed by atoms with van der Waals surface area (Å²) in [5.74, 6) is 0.0643. The van der Waals surface area contributed by atoms with Gasteiger partial charge in [-0.1, -0.05) is 23.2 Å². The van der Waals surface area contributed by atoms with Crippen molar-refractivity contribution in [2.24, 2.45) is 0 Å². The first-order valence-electron chi connectivity index (χ1n) is 6.39. The first-order chi connectivity index (χ1) is 9.77.